The second-order valence-electron chi connectivity index (χ2n) is 7.00. The smallest absolute Gasteiger partial charge is 0.118 e. The van der Waals surface area contributed by atoms with Gasteiger partial charge in [0, 0.05) is 0 Å². The first-order valence-corrected chi connectivity index (χ1v) is 9.52. The van der Waals surface area contributed by atoms with E-state index in [-0.39, 0.29) is 0 Å². The van der Waals surface area contributed by atoms with Crippen molar-refractivity contribution in [3.8, 4) is 5.75 Å². The summed E-state index contributed by atoms with van der Waals surface area (Å²) in [6, 6.07) is 23.0. The Labute approximate surface area is 169 Å². The first-order chi connectivity index (χ1) is 14.2. The van der Waals surface area contributed by atoms with Crippen LogP contribution >= 0.6 is 0 Å². The Bertz CT molecular complexity index is 1120. The van der Waals surface area contributed by atoms with Gasteiger partial charge in [-0.15, -0.1) is 5.10 Å². The Hall–Kier alpha value is -3.44. The molecule has 0 saturated carbocycles. The van der Waals surface area contributed by atoms with E-state index >= 15 is 0 Å². The van der Waals surface area contributed by atoms with Crippen molar-refractivity contribution in [2.24, 2.45) is 0 Å². The minimum atomic E-state index is -0.768. The summed E-state index contributed by atoms with van der Waals surface area (Å²) in [6.45, 7) is 2.03. The lowest BCUT2D eigenvalue weighted by Crippen LogP contribution is -2.17. The number of hydrogen-bond acceptors (Lipinski definition) is 4. The van der Waals surface area contributed by atoms with Crippen molar-refractivity contribution in [3.63, 3.8) is 0 Å². The number of benzene rings is 3. The second kappa shape index (κ2) is 8.29. The van der Waals surface area contributed by atoms with Crippen LogP contribution in [0.1, 0.15) is 28.8 Å². The third-order valence-electron chi connectivity index (χ3n) is 5.00. The van der Waals surface area contributed by atoms with E-state index in [4.69, 9.17) is 4.74 Å². The van der Waals surface area contributed by atoms with E-state index in [1.165, 1.54) is 0 Å². The van der Waals surface area contributed by atoms with E-state index < -0.39 is 12.1 Å². The molecule has 2 atom stereocenters. The molecule has 4 rings (SSSR count). The Balaban J connectivity index is 1.73. The van der Waals surface area contributed by atoms with Gasteiger partial charge in [-0.05, 0) is 42.3 Å². The number of aliphatic hydroxyl groups is 1. The molecular formula is C24H23N3O2. The van der Waals surface area contributed by atoms with Crippen LogP contribution in [0.3, 0.4) is 0 Å². The van der Waals surface area contributed by atoms with Crippen molar-refractivity contribution in [1.82, 2.24) is 15.0 Å². The molecule has 1 aromatic heterocycles. The summed E-state index contributed by atoms with van der Waals surface area (Å²) in [5.41, 5.74) is 4.67. The Morgan fingerprint density at radius 3 is 2.41 bits per heavy atom. The maximum Gasteiger partial charge on any atom is 0.118 e. The third kappa shape index (κ3) is 4.05. The zero-order chi connectivity index (χ0) is 20.2. The first kappa shape index (κ1) is 18.9. The molecule has 0 aliphatic heterocycles. The quantitative estimate of drug-likeness (QED) is 0.521. The molecule has 0 amide bonds. The molecule has 3 aromatic carbocycles. The maximum atomic E-state index is 11.2. The average Bonchev–Trinajstić information content (AvgIpc) is 3.19. The summed E-state index contributed by atoms with van der Waals surface area (Å²) in [5.74, 6) is 0.806. The number of aromatic nitrogens is 3. The Morgan fingerprint density at radius 2 is 1.69 bits per heavy atom. The normalized spacial score (nSPS) is 13.6. The lowest BCUT2D eigenvalue weighted by Gasteiger charge is -2.21. The highest BCUT2D eigenvalue weighted by Gasteiger charge is 2.23. The molecule has 0 bridgehead atoms. The summed E-state index contributed by atoms with van der Waals surface area (Å²) in [6.07, 6.45) is 3.18. The molecule has 1 N–H and O–H groups in total. The number of nitrogens with zero attached hydrogens (tertiary/aromatic N) is 3. The largest absolute Gasteiger partial charge is 0.497 e. The highest BCUT2D eigenvalue weighted by molar-refractivity contribution is 5.74. The van der Waals surface area contributed by atoms with Gasteiger partial charge in [0.05, 0.1) is 12.6 Å². The molecule has 29 heavy (non-hydrogen) atoms. The molecule has 4 aromatic rings. The van der Waals surface area contributed by atoms with Gasteiger partial charge >= 0.3 is 0 Å². The van der Waals surface area contributed by atoms with Gasteiger partial charge in [-0.1, -0.05) is 71.5 Å². The fourth-order valence-corrected chi connectivity index (χ4v) is 3.31. The van der Waals surface area contributed by atoms with Gasteiger partial charge in [0.25, 0.3) is 0 Å². The van der Waals surface area contributed by atoms with Gasteiger partial charge in [-0.2, -0.15) is 0 Å². The van der Waals surface area contributed by atoms with Gasteiger partial charge in [-0.25, -0.2) is 4.68 Å². The minimum absolute atomic E-state index is 0.410. The molecule has 2 unspecified atom stereocenters. The van der Waals surface area contributed by atoms with E-state index in [1.807, 2.05) is 91.9 Å². The van der Waals surface area contributed by atoms with Crippen LogP contribution < -0.4 is 4.74 Å². The molecule has 146 valence electrons. The lowest BCUT2D eigenvalue weighted by atomic mass is 10.00. The molecule has 0 fully saturated rings. The summed E-state index contributed by atoms with van der Waals surface area (Å²) in [7, 11) is 1.65. The number of aliphatic hydroxyl groups excluding tert-OH is 1. The number of para-hydroxylation sites is 1. The second-order valence-corrected chi connectivity index (χ2v) is 7.00. The lowest BCUT2D eigenvalue weighted by molar-refractivity contribution is 0.130. The topological polar surface area (TPSA) is 60.2 Å². The molecule has 0 spiro atoms. The van der Waals surface area contributed by atoms with E-state index in [0.717, 1.165) is 33.5 Å². The standard InChI is InChI=1S/C24H23N3O2/c1-17-7-12-19(13-8-17)24(28)23(16-11-18-9-14-20(29-2)15-10-18)27-22-6-4-3-5-21(22)25-26-27/h3-16,23-24,28H,1-2H3/b16-11+. The highest BCUT2D eigenvalue weighted by atomic mass is 16.5. The van der Waals surface area contributed by atoms with Crippen LogP contribution in [-0.4, -0.2) is 27.2 Å². The molecule has 5 heteroatoms. The van der Waals surface area contributed by atoms with Crippen molar-refractivity contribution in [3.05, 3.63) is 95.6 Å². The molecular weight excluding hydrogens is 362 g/mol. The third-order valence-corrected chi connectivity index (χ3v) is 5.00. The van der Waals surface area contributed by atoms with Gasteiger partial charge in [0.2, 0.25) is 0 Å². The monoisotopic (exact) mass is 385 g/mol. The van der Waals surface area contributed by atoms with Crippen LogP contribution in [-0.2, 0) is 0 Å². The number of ether oxygens (including phenoxy) is 1. The zero-order valence-electron chi connectivity index (χ0n) is 16.4. The molecule has 0 radical (unpaired) electrons. The fourth-order valence-electron chi connectivity index (χ4n) is 3.31. The van der Waals surface area contributed by atoms with Crippen LogP contribution in [0.2, 0.25) is 0 Å². The van der Waals surface area contributed by atoms with Crippen LogP contribution in [0, 0.1) is 6.92 Å². The van der Waals surface area contributed by atoms with Crippen LogP contribution in [0.5, 0.6) is 5.75 Å². The number of hydrogen-bond donors (Lipinski definition) is 1. The van der Waals surface area contributed by atoms with Crippen molar-refractivity contribution < 1.29 is 9.84 Å². The molecule has 0 aliphatic rings. The molecule has 1 heterocycles. The fraction of sp³-hybridized carbons (Fsp3) is 0.167. The van der Waals surface area contributed by atoms with Crippen molar-refractivity contribution in [1.29, 1.82) is 0 Å². The van der Waals surface area contributed by atoms with Crippen molar-refractivity contribution in [2.75, 3.05) is 7.11 Å². The number of methoxy groups -OCH3 is 1. The van der Waals surface area contributed by atoms with Crippen LogP contribution in [0.25, 0.3) is 17.1 Å². The van der Waals surface area contributed by atoms with Gasteiger partial charge < -0.3 is 9.84 Å². The van der Waals surface area contributed by atoms with Crippen molar-refractivity contribution in [2.45, 2.75) is 19.1 Å². The van der Waals surface area contributed by atoms with Gasteiger partial charge in [0.15, 0.2) is 0 Å². The average molecular weight is 385 g/mol. The molecule has 5 nitrogen and oxygen atoms in total. The Morgan fingerprint density at radius 1 is 0.966 bits per heavy atom. The van der Waals surface area contributed by atoms with E-state index in [9.17, 15) is 5.11 Å². The van der Waals surface area contributed by atoms with Crippen LogP contribution in [0.15, 0.2) is 78.9 Å². The SMILES string of the molecule is COc1ccc(/C=C/C(C(O)c2ccc(C)cc2)n2nnc3ccccc32)cc1. The molecule has 0 saturated heterocycles. The maximum absolute atomic E-state index is 11.2. The van der Waals surface area contributed by atoms with Gasteiger partial charge in [0.1, 0.15) is 23.4 Å². The summed E-state index contributed by atoms with van der Waals surface area (Å²) in [5, 5.41) is 19.8. The van der Waals surface area contributed by atoms with E-state index in [0.29, 0.717) is 0 Å². The van der Waals surface area contributed by atoms with Crippen molar-refractivity contribution >= 4 is 17.1 Å². The van der Waals surface area contributed by atoms with E-state index in [1.54, 1.807) is 11.8 Å². The Kier molecular flexibility index (Phi) is 5.40. The van der Waals surface area contributed by atoms with Crippen LogP contribution in [0.4, 0.5) is 0 Å². The minimum Gasteiger partial charge on any atom is -0.497 e. The predicted molar refractivity (Wildman–Crippen MR) is 115 cm³/mol. The predicted octanol–water partition coefficient (Wildman–Crippen LogP) is 4.74. The number of aryl methyl sites for hydroxylation is 1. The van der Waals surface area contributed by atoms with Gasteiger partial charge in [-0.3, -0.25) is 0 Å². The number of rotatable bonds is 6. The van der Waals surface area contributed by atoms with E-state index in [2.05, 4.69) is 10.3 Å². The molecule has 0 aliphatic carbocycles. The number of fused-ring (bicyclic) bond motifs is 1. The summed E-state index contributed by atoms with van der Waals surface area (Å²) < 4.78 is 7.00. The summed E-state index contributed by atoms with van der Waals surface area (Å²) in [4.78, 5) is 0. The first-order valence-electron chi connectivity index (χ1n) is 9.52. The zero-order valence-corrected chi connectivity index (χ0v) is 16.4. The highest BCUT2D eigenvalue weighted by Crippen LogP contribution is 2.30. The summed E-state index contributed by atoms with van der Waals surface area (Å²) >= 11 is 0.